The van der Waals surface area contributed by atoms with Gasteiger partial charge in [0.1, 0.15) is 11.4 Å². The third kappa shape index (κ3) is 5.20. The minimum atomic E-state index is -0.164. The highest BCUT2D eigenvalue weighted by Gasteiger charge is 2.12. The first-order valence-corrected chi connectivity index (χ1v) is 6.17. The van der Waals surface area contributed by atoms with Crippen LogP contribution in [-0.2, 0) is 0 Å². The van der Waals surface area contributed by atoms with Crippen molar-refractivity contribution in [2.24, 2.45) is 11.5 Å². The Morgan fingerprint density at radius 3 is 2.24 bits per heavy atom. The van der Waals surface area contributed by atoms with Gasteiger partial charge in [-0.1, -0.05) is 12.1 Å². The van der Waals surface area contributed by atoms with Crippen molar-refractivity contribution in [1.82, 2.24) is 0 Å². The van der Waals surface area contributed by atoms with E-state index in [0.29, 0.717) is 6.54 Å². The van der Waals surface area contributed by atoms with E-state index in [2.05, 4.69) is 0 Å². The average molecular weight is 236 g/mol. The Bertz CT molecular complexity index is 327. The summed E-state index contributed by atoms with van der Waals surface area (Å²) in [7, 11) is 0. The zero-order chi connectivity index (χ0) is 12.9. The number of hydrogen-bond donors (Lipinski definition) is 2. The van der Waals surface area contributed by atoms with E-state index >= 15 is 0 Å². The Labute approximate surface area is 104 Å². The van der Waals surface area contributed by atoms with Gasteiger partial charge in [0.05, 0.1) is 0 Å². The number of rotatable bonds is 5. The topological polar surface area (TPSA) is 61.3 Å². The van der Waals surface area contributed by atoms with Crippen LogP contribution in [0.3, 0.4) is 0 Å². The van der Waals surface area contributed by atoms with Crippen molar-refractivity contribution in [2.45, 2.75) is 45.3 Å². The van der Waals surface area contributed by atoms with Crippen molar-refractivity contribution in [3.63, 3.8) is 0 Å². The third-order valence-electron chi connectivity index (χ3n) is 2.45. The molecular formula is C14H24N2O. The molecule has 0 bridgehead atoms. The summed E-state index contributed by atoms with van der Waals surface area (Å²) in [5.74, 6) is 0.882. The van der Waals surface area contributed by atoms with Gasteiger partial charge >= 0.3 is 0 Å². The molecule has 17 heavy (non-hydrogen) atoms. The van der Waals surface area contributed by atoms with Crippen LogP contribution in [0, 0.1) is 0 Å². The lowest BCUT2D eigenvalue weighted by molar-refractivity contribution is 0.131. The molecule has 1 atom stereocenters. The fourth-order valence-corrected chi connectivity index (χ4v) is 1.64. The molecule has 0 aromatic heterocycles. The molecule has 1 rings (SSSR count). The monoisotopic (exact) mass is 236 g/mol. The van der Waals surface area contributed by atoms with Crippen LogP contribution in [-0.4, -0.2) is 12.1 Å². The quantitative estimate of drug-likeness (QED) is 0.826. The molecule has 4 N–H and O–H groups in total. The van der Waals surface area contributed by atoms with Gasteiger partial charge in [0, 0.05) is 6.04 Å². The average Bonchev–Trinajstić information content (AvgIpc) is 2.24. The van der Waals surface area contributed by atoms with Crippen LogP contribution in [0.25, 0.3) is 0 Å². The summed E-state index contributed by atoms with van der Waals surface area (Å²) >= 11 is 0. The van der Waals surface area contributed by atoms with Crippen molar-refractivity contribution in [1.29, 1.82) is 0 Å². The highest BCUT2D eigenvalue weighted by Crippen LogP contribution is 2.22. The number of nitrogens with two attached hydrogens (primary N) is 2. The summed E-state index contributed by atoms with van der Waals surface area (Å²) in [5.41, 5.74) is 12.5. The van der Waals surface area contributed by atoms with Gasteiger partial charge in [0.2, 0.25) is 0 Å². The molecule has 0 aliphatic carbocycles. The van der Waals surface area contributed by atoms with E-state index in [0.717, 1.165) is 24.2 Å². The van der Waals surface area contributed by atoms with E-state index in [1.54, 1.807) is 0 Å². The van der Waals surface area contributed by atoms with E-state index in [-0.39, 0.29) is 11.6 Å². The van der Waals surface area contributed by atoms with E-state index in [1.165, 1.54) is 0 Å². The SMILES string of the molecule is CC(C)(C)Oc1ccc([C@@H](N)CCCN)cc1. The van der Waals surface area contributed by atoms with Gasteiger partial charge in [-0.3, -0.25) is 0 Å². The summed E-state index contributed by atoms with van der Waals surface area (Å²) in [6.07, 6.45) is 1.89. The minimum absolute atomic E-state index is 0.0715. The predicted octanol–water partition coefficient (Wildman–Crippen LogP) is 2.60. The van der Waals surface area contributed by atoms with Crippen molar-refractivity contribution in [3.05, 3.63) is 29.8 Å². The van der Waals surface area contributed by atoms with E-state index in [4.69, 9.17) is 16.2 Å². The molecule has 0 saturated carbocycles. The molecule has 1 aromatic rings. The molecule has 0 aliphatic heterocycles. The standard InChI is InChI=1S/C14H24N2O/c1-14(2,3)17-12-8-6-11(7-9-12)13(16)5-4-10-15/h6-9,13H,4-5,10,15-16H2,1-3H3/t13-/m0/s1. The van der Waals surface area contributed by atoms with Crippen molar-refractivity contribution in [3.8, 4) is 5.75 Å². The Kier molecular flexibility index (Phi) is 4.97. The second-order valence-corrected chi connectivity index (χ2v) is 5.32. The molecule has 96 valence electrons. The van der Waals surface area contributed by atoms with Crippen LogP contribution in [0.15, 0.2) is 24.3 Å². The van der Waals surface area contributed by atoms with Gasteiger partial charge in [-0.25, -0.2) is 0 Å². The fraction of sp³-hybridized carbons (Fsp3) is 0.571. The zero-order valence-corrected chi connectivity index (χ0v) is 11.1. The molecule has 3 heteroatoms. The van der Waals surface area contributed by atoms with Gasteiger partial charge in [-0.2, -0.15) is 0 Å². The van der Waals surface area contributed by atoms with Crippen molar-refractivity contribution in [2.75, 3.05) is 6.54 Å². The minimum Gasteiger partial charge on any atom is -0.488 e. The molecule has 0 unspecified atom stereocenters. The zero-order valence-electron chi connectivity index (χ0n) is 11.1. The van der Waals surface area contributed by atoms with Gasteiger partial charge in [-0.15, -0.1) is 0 Å². The molecule has 0 saturated heterocycles. The summed E-state index contributed by atoms with van der Waals surface area (Å²) in [5, 5.41) is 0. The predicted molar refractivity (Wildman–Crippen MR) is 72.0 cm³/mol. The van der Waals surface area contributed by atoms with Crippen LogP contribution < -0.4 is 16.2 Å². The highest BCUT2D eigenvalue weighted by atomic mass is 16.5. The van der Waals surface area contributed by atoms with Crippen LogP contribution in [0.4, 0.5) is 0 Å². The first-order valence-electron chi connectivity index (χ1n) is 6.17. The van der Waals surface area contributed by atoms with Gasteiger partial charge in [0.25, 0.3) is 0 Å². The smallest absolute Gasteiger partial charge is 0.120 e. The lowest BCUT2D eigenvalue weighted by Crippen LogP contribution is -2.23. The highest BCUT2D eigenvalue weighted by molar-refractivity contribution is 5.29. The molecule has 0 fully saturated rings. The van der Waals surface area contributed by atoms with Crippen molar-refractivity contribution < 1.29 is 4.74 Å². The van der Waals surface area contributed by atoms with Crippen LogP contribution in [0.1, 0.15) is 45.2 Å². The molecule has 0 amide bonds. The molecule has 0 spiro atoms. The maximum Gasteiger partial charge on any atom is 0.120 e. The fourth-order valence-electron chi connectivity index (χ4n) is 1.64. The maximum atomic E-state index is 6.06. The third-order valence-corrected chi connectivity index (χ3v) is 2.45. The molecule has 0 radical (unpaired) electrons. The Morgan fingerprint density at radius 2 is 1.76 bits per heavy atom. The van der Waals surface area contributed by atoms with E-state index < -0.39 is 0 Å². The lowest BCUT2D eigenvalue weighted by atomic mass is 10.0. The summed E-state index contributed by atoms with van der Waals surface area (Å²) in [4.78, 5) is 0. The van der Waals surface area contributed by atoms with Gasteiger partial charge in [-0.05, 0) is 57.9 Å². The first kappa shape index (κ1) is 14.0. The molecule has 3 nitrogen and oxygen atoms in total. The number of benzene rings is 1. The van der Waals surface area contributed by atoms with Gasteiger partial charge < -0.3 is 16.2 Å². The van der Waals surface area contributed by atoms with Crippen LogP contribution >= 0.6 is 0 Å². The molecular weight excluding hydrogens is 212 g/mol. The normalized spacial score (nSPS) is 13.5. The van der Waals surface area contributed by atoms with Crippen molar-refractivity contribution >= 4 is 0 Å². The number of hydrogen-bond acceptors (Lipinski definition) is 3. The van der Waals surface area contributed by atoms with Crippen LogP contribution in [0.2, 0.25) is 0 Å². The summed E-state index contributed by atoms with van der Waals surface area (Å²) in [6.45, 7) is 6.80. The molecule has 1 aromatic carbocycles. The largest absolute Gasteiger partial charge is 0.488 e. The lowest BCUT2D eigenvalue weighted by Gasteiger charge is -2.21. The Hall–Kier alpha value is -1.06. The summed E-state index contributed by atoms with van der Waals surface area (Å²) in [6, 6.07) is 8.08. The van der Waals surface area contributed by atoms with E-state index in [1.807, 2.05) is 45.0 Å². The Balaban J connectivity index is 2.61. The first-order chi connectivity index (χ1) is 7.92. The maximum absolute atomic E-state index is 6.06. The second-order valence-electron chi connectivity index (χ2n) is 5.32. The van der Waals surface area contributed by atoms with Crippen LogP contribution in [0.5, 0.6) is 5.75 Å². The van der Waals surface area contributed by atoms with Gasteiger partial charge in [0.15, 0.2) is 0 Å². The summed E-state index contributed by atoms with van der Waals surface area (Å²) < 4.78 is 5.76. The number of ether oxygens (including phenoxy) is 1. The van der Waals surface area contributed by atoms with E-state index in [9.17, 15) is 0 Å². The molecule has 0 aliphatic rings. The molecule has 0 heterocycles. The second kappa shape index (κ2) is 6.03. The Morgan fingerprint density at radius 1 is 1.18 bits per heavy atom.